The van der Waals surface area contributed by atoms with Gasteiger partial charge in [0, 0.05) is 34.6 Å². The Kier molecular flexibility index (Phi) is 10.2. The zero-order valence-electron chi connectivity index (χ0n) is 28.4. The lowest BCUT2D eigenvalue weighted by Crippen LogP contribution is -2.37. The maximum absolute atomic E-state index is 15.0. The molecule has 2 unspecified atom stereocenters. The first-order valence-corrected chi connectivity index (χ1v) is 18.0. The van der Waals surface area contributed by atoms with Gasteiger partial charge < -0.3 is 35.3 Å². The SMILES string of the molecule is CN1CCC2(CC1)CC2CCOc1cc2ncnc(Nc3ccc(F)c(OC[C@H]4O[C@@H](n5ccc(N)nc5=O)[C@H](O)[C@@H]4O[P+](=O)O)c3)c2cc1[N+](=O)[O-]. The van der Waals surface area contributed by atoms with Crippen molar-refractivity contribution in [2.75, 3.05) is 44.4 Å². The van der Waals surface area contributed by atoms with E-state index in [1.807, 2.05) is 0 Å². The summed E-state index contributed by atoms with van der Waals surface area (Å²) < 4.78 is 49.8. The second-order valence-corrected chi connectivity index (χ2v) is 14.2. The molecule has 20 heteroatoms. The summed E-state index contributed by atoms with van der Waals surface area (Å²) in [5.74, 6) is -0.291. The number of likely N-dealkylation sites (tertiary alicyclic amines) is 1. The summed E-state index contributed by atoms with van der Waals surface area (Å²) >= 11 is 0. The predicted molar refractivity (Wildman–Crippen MR) is 186 cm³/mol. The topological polar surface area (TPSA) is 240 Å². The van der Waals surface area contributed by atoms with E-state index in [1.54, 1.807) is 0 Å². The second-order valence-electron chi connectivity index (χ2n) is 13.5. The molecule has 3 aliphatic rings. The largest absolute Gasteiger partial charge is 0.695 e. The number of nitrogens with zero attached hydrogens (tertiary/aromatic N) is 6. The Labute approximate surface area is 301 Å². The molecule has 2 saturated heterocycles. The van der Waals surface area contributed by atoms with Gasteiger partial charge in [-0.05, 0) is 75.4 Å². The van der Waals surface area contributed by atoms with Crippen LogP contribution in [0.3, 0.4) is 0 Å². The molecule has 0 amide bonds. The quantitative estimate of drug-likeness (QED) is 0.0868. The van der Waals surface area contributed by atoms with Crippen LogP contribution in [0, 0.1) is 27.3 Å². The summed E-state index contributed by atoms with van der Waals surface area (Å²) in [4.78, 5) is 47.9. The Hall–Kier alpha value is -4.91. The Morgan fingerprint density at radius 1 is 1.19 bits per heavy atom. The van der Waals surface area contributed by atoms with Crippen LogP contribution in [0.5, 0.6) is 11.5 Å². The van der Waals surface area contributed by atoms with Gasteiger partial charge in [-0.15, -0.1) is 9.42 Å². The molecule has 0 radical (unpaired) electrons. The Balaban J connectivity index is 1.05. The second kappa shape index (κ2) is 14.8. The van der Waals surface area contributed by atoms with Gasteiger partial charge in [0.1, 0.15) is 36.8 Å². The molecule has 5 N–H and O–H groups in total. The zero-order chi connectivity index (χ0) is 37.4. The molecular weight excluding hydrogens is 718 g/mol. The van der Waals surface area contributed by atoms with Gasteiger partial charge in [-0.3, -0.25) is 14.7 Å². The van der Waals surface area contributed by atoms with Gasteiger partial charge in [-0.1, -0.05) is 0 Å². The monoisotopic (exact) mass is 755 g/mol. The van der Waals surface area contributed by atoms with E-state index in [-0.39, 0.29) is 34.5 Å². The van der Waals surface area contributed by atoms with Crippen LogP contribution >= 0.6 is 8.25 Å². The molecule has 2 aliphatic heterocycles. The number of halogens is 1. The van der Waals surface area contributed by atoms with Crippen LogP contribution in [-0.2, 0) is 13.8 Å². The number of nitro benzene ring substituents is 1. The number of aliphatic hydroxyl groups is 1. The summed E-state index contributed by atoms with van der Waals surface area (Å²) in [5.41, 5.74) is 5.48. The normalized spacial score (nSPS) is 23.9. The molecule has 2 aromatic heterocycles. The lowest BCUT2D eigenvalue weighted by Gasteiger charge is -2.30. The summed E-state index contributed by atoms with van der Waals surface area (Å²) in [5, 5.41) is 26.3. The highest BCUT2D eigenvalue weighted by Crippen LogP contribution is 2.60. The van der Waals surface area contributed by atoms with E-state index < -0.39 is 55.8 Å². The number of rotatable bonds is 13. The van der Waals surface area contributed by atoms with Gasteiger partial charge in [0.05, 0.1) is 22.4 Å². The Bertz CT molecular complexity index is 2100. The molecule has 7 rings (SSSR count). The van der Waals surface area contributed by atoms with E-state index >= 15 is 0 Å². The highest BCUT2D eigenvalue weighted by atomic mass is 31.1. The van der Waals surface area contributed by atoms with Crippen LogP contribution in [0.4, 0.5) is 27.4 Å². The third-order valence-electron chi connectivity index (χ3n) is 10.2. The molecule has 2 aromatic carbocycles. The van der Waals surface area contributed by atoms with Gasteiger partial charge in [-0.25, -0.2) is 19.2 Å². The lowest BCUT2D eigenvalue weighted by atomic mass is 9.90. The van der Waals surface area contributed by atoms with Gasteiger partial charge in [0.2, 0.25) is 0 Å². The van der Waals surface area contributed by atoms with Crippen molar-refractivity contribution in [2.45, 2.75) is 50.2 Å². The van der Waals surface area contributed by atoms with E-state index in [0.717, 1.165) is 49.4 Å². The third kappa shape index (κ3) is 7.76. The fraction of sp³-hybridized carbons (Fsp3) is 0.455. The van der Waals surface area contributed by atoms with Gasteiger partial charge >= 0.3 is 19.6 Å². The fourth-order valence-corrected chi connectivity index (χ4v) is 7.66. The number of benzene rings is 2. The molecule has 4 heterocycles. The molecule has 0 bridgehead atoms. The van der Waals surface area contributed by atoms with Crippen molar-refractivity contribution < 1.29 is 42.6 Å². The van der Waals surface area contributed by atoms with Crippen LogP contribution in [-0.4, -0.2) is 91.0 Å². The first kappa shape index (κ1) is 36.4. The number of hydrogen-bond donors (Lipinski definition) is 4. The van der Waals surface area contributed by atoms with E-state index in [1.165, 1.54) is 42.9 Å². The molecule has 1 saturated carbocycles. The smallest absolute Gasteiger partial charge is 0.488 e. The average molecular weight is 756 g/mol. The maximum atomic E-state index is 15.0. The summed E-state index contributed by atoms with van der Waals surface area (Å²) in [7, 11) is -1.09. The molecule has 3 fully saturated rings. The van der Waals surface area contributed by atoms with Gasteiger partial charge in [0.25, 0.3) is 0 Å². The van der Waals surface area contributed by atoms with E-state index in [0.29, 0.717) is 28.8 Å². The minimum Gasteiger partial charge on any atom is -0.488 e. The maximum Gasteiger partial charge on any atom is 0.695 e. The molecular formula is C33H37FN8O10P+. The van der Waals surface area contributed by atoms with Crippen molar-refractivity contribution >= 4 is 42.2 Å². The number of anilines is 3. The number of aromatic nitrogens is 4. The average Bonchev–Trinajstić information content (AvgIpc) is 3.71. The minimum atomic E-state index is -3.22. The first-order chi connectivity index (χ1) is 25.4. The summed E-state index contributed by atoms with van der Waals surface area (Å²) in [6.07, 6.45) is 1.09. The van der Waals surface area contributed by atoms with E-state index in [2.05, 4.69) is 32.2 Å². The first-order valence-electron chi connectivity index (χ1n) is 16.9. The number of nitrogens with two attached hydrogens (primary N) is 1. The number of piperidine rings is 1. The number of aliphatic hydroxyl groups excluding tert-OH is 1. The van der Waals surface area contributed by atoms with Crippen molar-refractivity contribution in [3.8, 4) is 11.5 Å². The van der Waals surface area contributed by atoms with Crippen molar-refractivity contribution in [3.05, 3.63) is 75.3 Å². The third-order valence-corrected chi connectivity index (χ3v) is 10.6. The van der Waals surface area contributed by atoms with Crippen LogP contribution < -0.4 is 26.2 Å². The fourth-order valence-electron chi connectivity index (χ4n) is 7.20. The molecule has 6 atom stereocenters. The predicted octanol–water partition coefficient (Wildman–Crippen LogP) is 3.43. The van der Waals surface area contributed by atoms with Crippen LogP contribution in [0.2, 0.25) is 0 Å². The molecule has 18 nitrogen and oxygen atoms in total. The molecule has 1 spiro atoms. The molecule has 1 aliphatic carbocycles. The van der Waals surface area contributed by atoms with E-state index in [4.69, 9.17) is 24.5 Å². The number of hydrogen-bond acceptors (Lipinski definition) is 15. The summed E-state index contributed by atoms with van der Waals surface area (Å²) in [6.45, 7) is 2.02. The van der Waals surface area contributed by atoms with Crippen LogP contribution in [0.1, 0.15) is 31.9 Å². The Morgan fingerprint density at radius 3 is 2.72 bits per heavy atom. The van der Waals surface area contributed by atoms with Crippen LogP contribution in [0.25, 0.3) is 10.9 Å². The number of ether oxygens (including phenoxy) is 3. The number of nitro groups is 1. The Morgan fingerprint density at radius 2 is 1.98 bits per heavy atom. The standard InChI is InChI=1S/C33H36FN8O10P/c1-40-9-6-33(7-10-40)15-18(33)5-11-49-25-14-22-20(13-23(25)42(45)46)30(37-17-36-22)38-19-2-3-21(34)24(12-19)50-16-26-29(52-53(47)48)28(43)31(51-26)41-8-4-27(35)39-32(41)44/h2-4,8,12-14,17-18,26,28-29,31,43H,5-7,9-11,15-16H2,1H3,(H3-,35,36,37,38,39,44,47,48)/p+1/t18?,26-,28-,29-,31-/m1/s1. The van der Waals surface area contributed by atoms with Crippen molar-refractivity contribution in [1.29, 1.82) is 0 Å². The van der Waals surface area contributed by atoms with Crippen molar-refractivity contribution in [1.82, 2.24) is 24.4 Å². The number of fused-ring (bicyclic) bond motifs is 1. The molecule has 280 valence electrons. The highest BCUT2D eigenvalue weighted by Gasteiger charge is 2.54. The van der Waals surface area contributed by atoms with E-state index in [9.17, 15) is 33.9 Å². The molecule has 4 aromatic rings. The van der Waals surface area contributed by atoms with Crippen LogP contribution in [0.15, 0.2) is 53.7 Å². The minimum absolute atomic E-state index is 0.0689. The van der Waals surface area contributed by atoms with Gasteiger partial charge in [0.15, 0.2) is 29.6 Å². The van der Waals surface area contributed by atoms with Crippen molar-refractivity contribution in [3.63, 3.8) is 0 Å². The highest BCUT2D eigenvalue weighted by molar-refractivity contribution is 7.32. The molecule has 53 heavy (non-hydrogen) atoms. The lowest BCUT2D eigenvalue weighted by molar-refractivity contribution is -0.385. The number of nitrogens with one attached hydrogen (secondary N) is 1. The summed E-state index contributed by atoms with van der Waals surface area (Å²) in [6, 6.07) is 7.93. The number of nitrogen functional groups attached to an aromatic ring is 1. The van der Waals surface area contributed by atoms with Gasteiger partial charge in [-0.2, -0.15) is 4.98 Å². The zero-order valence-corrected chi connectivity index (χ0v) is 29.3. The van der Waals surface area contributed by atoms with Crippen molar-refractivity contribution in [2.24, 2.45) is 11.3 Å².